The lowest BCUT2D eigenvalue weighted by atomic mass is 9.94. The molecule has 1 N–H and O–H groups in total. The van der Waals surface area contributed by atoms with Gasteiger partial charge in [-0.3, -0.25) is 9.78 Å². The molecule has 0 unspecified atom stereocenters. The monoisotopic (exact) mass is 371 g/mol. The lowest BCUT2D eigenvalue weighted by molar-refractivity contribution is 0.101. The number of carbonyl (C=O) groups excluding carboxylic acids is 1. The van der Waals surface area contributed by atoms with Gasteiger partial charge in [0.05, 0.1) is 0 Å². The average Bonchev–Trinajstić information content (AvgIpc) is 2.69. The van der Waals surface area contributed by atoms with Crippen molar-refractivity contribution < 1.29 is 14.6 Å². The lowest BCUT2D eigenvalue weighted by Gasteiger charge is -2.13. The smallest absolute Gasteiger partial charge is 0.160 e. The average molecular weight is 371 g/mol. The zero-order valence-corrected chi connectivity index (χ0v) is 15.7. The van der Waals surface area contributed by atoms with Gasteiger partial charge >= 0.3 is 0 Å². The molecule has 0 atom stereocenters. The molecular formula is C24H21NO3. The van der Waals surface area contributed by atoms with Crippen molar-refractivity contribution in [2.45, 2.75) is 13.3 Å². The zero-order chi connectivity index (χ0) is 20.1. The number of ketones is 1. The Kier molecular flexibility index (Phi) is 5.70. The van der Waals surface area contributed by atoms with Gasteiger partial charge in [0.1, 0.15) is 17.3 Å². The quantitative estimate of drug-likeness (QED) is 0.417. The molecule has 4 nitrogen and oxygen atoms in total. The van der Waals surface area contributed by atoms with Crippen molar-refractivity contribution in [1.82, 2.24) is 4.98 Å². The van der Waals surface area contributed by atoms with Crippen molar-refractivity contribution in [2.75, 3.05) is 0 Å². The van der Waals surface area contributed by atoms with Gasteiger partial charge in [0.25, 0.3) is 0 Å². The van der Waals surface area contributed by atoms with Gasteiger partial charge in [-0.15, -0.1) is 0 Å². The van der Waals surface area contributed by atoms with Crippen LogP contribution in [0.1, 0.15) is 34.0 Å². The van der Waals surface area contributed by atoms with Gasteiger partial charge in [0.2, 0.25) is 0 Å². The van der Waals surface area contributed by atoms with Crippen LogP contribution in [0.25, 0.3) is 11.3 Å². The number of rotatable bonds is 7. The van der Waals surface area contributed by atoms with Gasteiger partial charge in [-0.1, -0.05) is 19.2 Å². The maximum atomic E-state index is 12.2. The number of aromatic nitrogens is 1. The highest BCUT2D eigenvalue weighted by Crippen LogP contribution is 2.29. The van der Waals surface area contributed by atoms with Crippen LogP contribution in [0.4, 0.5) is 0 Å². The van der Waals surface area contributed by atoms with Crippen molar-refractivity contribution in [3.8, 4) is 11.5 Å². The molecular weight excluding hydrogens is 350 g/mol. The highest BCUT2D eigenvalue weighted by molar-refractivity contribution is 5.99. The van der Waals surface area contributed by atoms with Crippen molar-refractivity contribution in [3.63, 3.8) is 0 Å². The second kappa shape index (κ2) is 8.35. The molecule has 3 rings (SSSR count). The Morgan fingerprint density at radius 3 is 2.21 bits per heavy atom. The predicted molar refractivity (Wildman–Crippen MR) is 112 cm³/mol. The minimum atomic E-state index is -0.0525. The topological polar surface area (TPSA) is 59.4 Å². The number of hydrogen-bond donors (Lipinski definition) is 1. The number of nitrogens with zero attached hydrogens (tertiary/aromatic N) is 1. The van der Waals surface area contributed by atoms with E-state index in [1.54, 1.807) is 42.7 Å². The number of pyridine rings is 1. The van der Waals surface area contributed by atoms with E-state index in [1.165, 1.54) is 6.92 Å². The number of allylic oxidation sites excluding steroid dienone is 1. The first kappa shape index (κ1) is 19.1. The third-order valence-electron chi connectivity index (χ3n) is 4.34. The van der Waals surface area contributed by atoms with E-state index in [0.717, 1.165) is 16.7 Å². The van der Waals surface area contributed by atoms with Crippen LogP contribution in [-0.2, 0) is 6.42 Å². The molecule has 4 heteroatoms. The minimum Gasteiger partial charge on any atom is -0.508 e. The van der Waals surface area contributed by atoms with Crippen LogP contribution in [0.5, 0.6) is 11.5 Å². The summed E-state index contributed by atoms with van der Waals surface area (Å²) in [4.78, 5) is 16.2. The van der Waals surface area contributed by atoms with E-state index >= 15 is 0 Å². The Bertz CT molecular complexity index is 1020. The molecule has 0 amide bonds. The van der Waals surface area contributed by atoms with Crippen molar-refractivity contribution in [3.05, 3.63) is 102 Å². The van der Waals surface area contributed by atoms with E-state index in [2.05, 4.69) is 18.1 Å². The van der Waals surface area contributed by atoms with Crippen molar-refractivity contribution in [1.29, 1.82) is 0 Å². The molecule has 3 aromatic rings. The van der Waals surface area contributed by atoms with Crippen LogP contribution in [0.3, 0.4) is 0 Å². The molecule has 0 aliphatic carbocycles. The second-order valence-corrected chi connectivity index (χ2v) is 6.47. The van der Waals surface area contributed by atoms with E-state index in [-0.39, 0.29) is 11.5 Å². The summed E-state index contributed by atoms with van der Waals surface area (Å²) in [6, 6.07) is 16.2. The van der Waals surface area contributed by atoms with Crippen LogP contribution < -0.4 is 4.74 Å². The molecule has 0 saturated heterocycles. The summed E-state index contributed by atoms with van der Waals surface area (Å²) >= 11 is 0. The molecule has 0 fully saturated rings. The normalized spacial score (nSPS) is 10.3. The SMILES string of the molecule is C=C(O)c1ccc(Oc2ccc(C(=C)Cc3ccncc3)c(C(C)=O)c2)cc1. The van der Waals surface area contributed by atoms with E-state index in [4.69, 9.17) is 4.74 Å². The molecule has 0 aliphatic heterocycles. The van der Waals surface area contributed by atoms with Crippen LogP contribution >= 0.6 is 0 Å². The van der Waals surface area contributed by atoms with Gasteiger partial charge in [0.15, 0.2) is 5.78 Å². The minimum absolute atomic E-state index is 0.00229. The van der Waals surface area contributed by atoms with E-state index in [0.29, 0.717) is 29.0 Å². The van der Waals surface area contributed by atoms with Gasteiger partial charge in [0, 0.05) is 23.5 Å². The largest absolute Gasteiger partial charge is 0.508 e. The van der Waals surface area contributed by atoms with Crippen LogP contribution in [0.2, 0.25) is 0 Å². The molecule has 0 radical (unpaired) electrons. The van der Waals surface area contributed by atoms with Gasteiger partial charge < -0.3 is 9.84 Å². The number of aliphatic hydroxyl groups is 1. The lowest BCUT2D eigenvalue weighted by Crippen LogP contribution is -2.01. The van der Waals surface area contributed by atoms with Crippen molar-refractivity contribution >= 4 is 17.1 Å². The summed E-state index contributed by atoms with van der Waals surface area (Å²) in [5, 5.41) is 9.41. The molecule has 0 spiro atoms. The number of Topliss-reactive ketones (excluding diaryl/α,β-unsaturated/α-hetero) is 1. The predicted octanol–water partition coefficient (Wildman–Crippen LogP) is 5.86. The Morgan fingerprint density at radius 1 is 0.964 bits per heavy atom. The Balaban J connectivity index is 1.83. The zero-order valence-electron chi connectivity index (χ0n) is 15.7. The van der Waals surface area contributed by atoms with Gasteiger partial charge in [-0.05, 0) is 78.6 Å². The first-order valence-electron chi connectivity index (χ1n) is 8.82. The molecule has 0 aliphatic rings. The molecule has 140 valence electrons. The molecule has 2 aromatic carbocycles. The third-order valence-corrected chi connectivity index (χ3v) is 4.34. The van der Waals surface area contributed by atoms with E-state index < -0.39 is 0 Å². The fourth-order valence-electron chi connectivity index (χ4n) is 2.88. The molecule has 0 saturated carbocycles. The highest BCUT2D eigenvalue weighted by atomic mass is 16.5. The Labute approximate surface area is 164 Å². The number of hydrogen-bond acceptors (Lipinski definition) is 4. The molecule has 0 bridgehead atoms. The molecule has 1 heterocycles. The Hall–Kier alpha value is -3.66. The maximum absolute atomic E-state index is 12.2. The van der Waals surface area contributed by atoms with E-state index in [1.807, 2.05) is 24.3 Å². The Morgan fingerprint density at radius 2 is 1.61 bits per heavy atom. The summed E-state index contributed by atoms with van der Waals surface area (Å²) in [5.74, 6) is 1.11. The van der Waals surface area contributed by atoms with E-state index in [9.17, 15) is 9.90 Å². The summed E-state index contributed by atoms with van der Waals surface area (Å²) in [5.41, 5.74) is 3.94. The number of ether oxygens (including phenoxy) is 1. The summed E-state index contributed by atoms with van der Waals surface area (Å²) in [7, 11) is 0. The fraction of sp³-hybridized carbons (Fsp3) is 0.0833. The summed E-state index contributed by atoms with van der Waals surface area (Å²) < 4.78 is 5.86. The molecule has 1 aromatic heterocycles. The first-order valence-corrected chi connectivity index (χ1v) is 8.82. The third kappa shape index (κ3) is 4.54. The highest BCUT2D eigenvalue weighted by Gasteiger charge is 2.13. The summed E-state index contributed by atoms with van der Waals surface area (Å²) in [6.07, 6.45) is 4.11. The van der Waals surface area contributed by atoms with Crippen LogP contribution in [-0.4, -0.2) is 15.9 Å². The van der Waals surface area contributed by atoms with Crippen molar-refractivity contribution in [2.24, 2.45) is 0 Å². The van der Waals surface area contributed by atoms with Gasteiger partial charge in [-0.25, -0.2) is 0 Å². The maximum Gasteiger partial charge on any atom is 0.160 e. The fourth-order valence-corrected chi connectivity index (χ4v) is 2.88. The standard InChI is InChI=1S/C24H21NO3/c1-16(14-19-10-12-25-13-11-19)23-9-8-22(15-24(23)18(3)27)28-21-6-4-20(5-7-21)17(2)26/h4-13,15,26H,1-2,14H2,3H3. The number of benzene rings is 2. The number of aliphatic hydroxyl groups excluding tert-OH is 1. The van der Waals surface area contributed by atoms with Gasteiger partial charge in [-0.2, -0.15) is 0 Å². The second-order valence-electron chi connectivity index (χ2n) is 6.47. The number of carbonyl (C=O) groups is 1. The first-order chi connectivity index (χ1) is 13.4. The summed E-state index contributed by atoms with van der Waals surface area (Å²) in [6.45, 7) is 9.18. The molecule has 28 heavy (non-hydrogen) atoms. The van der Waals surface area contributed by atoms with Crippen LogP contribution in [0.15, 0.2) is 80.1 Å². The van der Waals surface area contributed by atoms with Crippen LogP contribution in [0, 0.1) is 0 Å².